The number of fused-ring (bicyclic) bond motifs is 3. The molecule has 7 heteroatoms. The summed E-state index contributed by atoms with van der Waals surface area (Å²) in [6.45, 7) is 0.548. The number of anilines is 1. The maximum Gasteiger partial charge on any atom is 0.273 e. The highest BCUT2D eigenvalue weighted by atomic mass is 19.2. The van der Waals surface area contributed by atoms with Gasteiger partial charge in [0.05, 0.1) is 12.6 Å². The first-order valence-electron chi connectivity index (χ1n) is 11.6. The zero-order valence-corrected chi connectivity index (χ0v) is 19.1. The molecule has 5 aromatic rings. The Bertz CT molecular complexity index is 1580. The lowest BCUT2D eigenvalue weighted by Gasteiger charge is -2.11. The minimum absolute atomic E-state index is 0.193. The van der Waals surface area contributed by atoms with Gasteiger partial charge in [-0.2, -0.15) is 0 Å². The number of halogens is 2. The van der Waals surface area contributed by atoms with Crippen LogP contribution in [-0.4, -0.2) is 22.0 Å². The minimum Gasteiger partial charge on any atom is -0.497 e. The van der Waals surface area contributed by atoms with Crippen LogP contribution in [0.4, 0.5) is 14.5 Å². The molecule has 1 N–H and O–H groups in total. The molecule has 0 radical (unpaired) electrons. The van der Waals surface area contributed by atoms with E-state index in [9.17, 15) is 9.18 Å². The maximum absolute atomic E-state index is 15.1. The first kappa shape index (κ1) is 21.4. The van der Waals surface area contributed by atoms with Crippen molar-refractivity contribution in [2.24, 2.45) is 0 Å². The summed E-state index contributed by atoms with van der Waals surface area (Å²) in [7, 11) is 1.61. The van der Waals surface area contributed by atoms with Crippen molar-refractivity contribution >= 4 is 28.3 Å². The predicted octanol–water partition coefficient (Wildman–Crippen LogP) is 6.44. The van der Waals surface area contributed by atoms with Gasteiger partial charge in [0.2, 0.25) is 0 Å². The van der Waals surface area contributed by atoms with Crippen LogP contribution in [0.5, 0.6) is 5.75 Å². The molecule has 5 nitrogen and oxygen atoms in total. The van der Waals surface area contributed by atoms with E-state index >= 15 is 4.39 Å². The summed E-state index contributed by atoms with van der Waals surface area (Å²) >= 11 is 0. The number of methoxy groups -OCH3 is 1. The zero-order valence-electron chi connectivity index (χ0n) is 19.1. The fourth-order valence-corrected chi connectivity index (χ4v) is 5.22. The van der Waals surface area contributed by atoms with Crippen LogP contribution >= 0.6 is 0 Å². The molecule has 0 aliphatic carbocycles. The molecule has 35 heavy (non-hydrogen) atoms. The van der Waals surface area contributed by atoms with Crippen LogP contribution in [-0.2, 0) is 13.0 Å². The Balaban J connectivity index is 1.70. The quantitative estimate of drug-likeness (QED) is 0.328. The number of rotatable bonds is 4. The SMILES string of the molecule is COc1ccc(-c2c3c4n(c5c(F)c(F)ccc5n4c2C(=O)Nc2ccccc2)CCCC3)cc1. The summed E-state index contributed by atoms with van der Waals surface area (Å²) in [5.74, 6) is -1.38. The second-order valence-electron chi connectivity index (χ2n) is 8.75. The van der Waals surface area contributed by atoms with Crippen LogP contribution in [0, 0.1) is 11.6 Å². The first-order valence-corrected chi connectivity index (χ1v) is 11.6. The van der Waals surface area contributed by atoms with Gasteiger partial charge in [-0.15, -0.1) is 0 Å². The zero-order chi connectivity index (χ0) is 24.1. The summed E-state index contributed by atoms with van der Waals surface area (Å²) in [6.07, 6.45) is 2.43. The highest BCUT2D eigenvalue weighted by Gasteiger charge is 2.31. The third-order valence-corrected chi connectivity index (χ3v) is 6.74. The molecule has 0 spiro atoms. The highest BCUT2D eigenvalue weighted by Crippen LogP contribution is 2.41. The predicted molar refractivity (Wildman–Crippen MR) is 132 cm³/mol. The van der Waals surface area contributed by atoms with Gasteiger partial charge >= 0.3 is 0 Å². The number of ether oxygens (including phenoxy) is 1. The molecule has 1 amide bonds. The number of para-hydroxylation sites is 1. The Kier molecular flexibility index (Phi) is 5.06. The molecule has 176 valence electrons. The standard InChI is InChI=1S/C28H23F2N3O2/c1-35-19-12-10-17(11-13-19)23-20-9-5-6-16-32-25-22(15-14-21(29)24(25)30)33(28(20)32)26(23)27(34)31-18-7-3-2-4-8-18/h2-4,7-8,10-15H,5-6,9,16H2,1H3,(H,31,34). The van der Waals surface area contributed by atoms with E-state index in [4.69, 9.17) is 4.74 Å². The van der Waals surface area contributed by atoms with Gasteiger partial charge in [0, 0.05) is 23.4 Å². The fraction of sp³-hybridized carbons (Fsp3) is 0.179. The van der Waals surface area contributed by atoms with Crippen LogP contribution in [0.1, 0.15) is 28.9 Å². The Morgan fingerprint density at radius 2 is 1.74 bits per heavy atom. The van der Waals surface area contributed by atoms with Crippen molar-refractivity contribution in [3.63, 3.8) is 0 Å². The number of aryl methyl sites for hydroxylation is 2. The second-order valence-corrected chi connectivity index (χ2v) is 8.75. The average molecular weight is 472 g/mol. The Hall–Kier alpha value is -4.13. The molecule has 0 bridgehead atoms. The topological polar surface area (TPSA) is 47.7 Å². The van der Waals surface area contributed by atoms with E-state index in [1.165, 1.54) is 0 Å². The van der Waals surface area contributed by atoms with E-state index < -0.39 is 11.6 Å². The largest absolute Gasteiger partial charge is 0.497 e. The van der Waals surface area contributed by atoms with Crippen LogP contribution in [0.2, 0.25) is 0 Å². The van der Waals surface area contributed by atoms with Gasteiger partial charge in [-0.3, -0.25) is 9.20 Å². The van der Waals surface area contributed by atoms with Gasteiger partial charge in [-0.1, -0.05) is 30.3 Å². The Morgan fingerprint density at radius 3 is 2.49 bits per heavy atom. The summed E-state index contributed by atoms with van der Waals surface area (Å²) in [5.41, 5.74) is 5.10. The number of hydrogen-bond donors (Lipinski definition) is 1. The number of aromatic nitrogens is 2. The van der Waals surface area contributed by atoms with Crippen molar-refractivity contribution < 1.29 is 18.3 Å². The molecule has 0 fully saturated rings. The molecule has 3 aromatic carbocycles. The number of nitrogens with one attached hydrogen (secondary N) is 1. The van der Waals surface area contributed by atoms with Gasteiger partial charge < -0.3 is 14.6 Å². The summed E-state index contributed by atoms with van der Waals surface area (Å²) in [5, 5.41) is 2.99. The number of benzene rings is 3. The minimum atomic E-state index is -0.897. The third-order valence-electron chi connectivity index (χ3n) is 6.74. The smallest absolute Gasteiger partial charge is 0.273 e. The van der Waals surface area contributed by atoms with Crippen molar-refractivity contribution in [1.82, 2.24) is 8.97 Å². The number of hydrogen-bond acceptors (Lipinski definition) is 2. The van der Waals surface area contributed by atoms with Crippen molar-refractivity contribution in [3.8, 4) is 16.9 Å². The van der Waals surface area contributed by atoms with Gasteiger partial charge in [0.25, 0.3) is 5.91 Å². The van der Waals surface area contributed by atoms with Crippen LogP contribution < -0.4 is 10.1 Å². The molecular formula is C28H23F2N3O2. The molecule has 0 atom stereocenters. The lowest BCUT2D eigenvalue weighted by molar-refractivity contribution is 0.102. The van der Waals surface area contributed by atoms with Gasteiger partial charge in [0.1, 0.15) is 22.6 Å². The molecule has 3 heterocycles. The average Bonchev–Trinajstić information content (AvgIpc) is 3.28. The second kappa shape index (κ2) is 8.27. The van der Waals surface area contributed by atoms with Crippen molar-refractivity contribution in [3.05, 3.63) is 89.6 Å². The molecule has 0 saturated heterocycles. The van der Waals surface area contributed by atoms with Crippen molar-refractivity contribution in [1.29, 1.82) is 0 Å². The van der Waals surface area contributed by atoms with Crippen molar-refractivity contribution in [2.45, 2.75) is 25.8 Å². The molecule has 6 rings (SSSR count). The van der Waals surface area contributed by atoms with Crippen LogP contribution in [0.25, 0.3) is 27.8 Å². The van der Waals surface area contributed by atoms with E-state index in [-0.39, 0.29) is 11.4 Å². The van der Waals surface area contributed by atoms with E-state index in [0.29, 0.717) is 29.2 Å². The highest BCUT2D eigenvalue weighted by molar-refractivity contribution is 6.11. The first-order chi connectivity index (χ1) is 17.1. The Labute approximate surface area is 200 Å². The third kappa shape index (κ3) is 3.30. The Morgan fingerprint density at radius 1 is 0.971 bits per heavy atom. The van der Waals surface area contributed by atoms with Crippen molar-refractivity contribution in [2.75, 3.05) is 12.4 Å². The number of amides is 1. The maximum atomic E-state index is 15.1. The van der Waals surface area contributed by atoms with Gasteiger partial charge in [0.15, 0.2) is 11.6 Å². The van der Waals surface area contributed by atoms with Gasteiger partial charge in [-0.25, -0.2) is 8.78 Å². The summed E-state index contributed by atoms with van der Waals surface area (Å²) in [4.78, 5) is 13.9. The molecule has 2 aromatic heterocycles. The summed E-state index contributed by atoms with van der Waals surface area (Å²) in [6, 6.07) is 19.5. The summed E-state index contributed by atoms with van der Waals surface area (Å²) < 4.78 is 38.4. The lowest BCUT2D eigenvalue weighted by Crippen LogP contribution is -2.15. The van der Waals surface area contributed by atoms with Gasteiger partial charge in [-0.05, 0) is 61.2 Å². The molecule has 0 saturated carbocycles. The van der Waals surface area contributed by atoms with E-state index in [1.807, 2.05) is 59.2 Å². The van der Waals surface area contributed by atoms with Crippen LogP contribution in [0.15, 0.2) is 66.7 Å². The molecule has 1 aliphatic heterocycles. The van der Waals surface area contributed by atoms with E-state index in [1.54, 1.807) is 17.6 Å². The molecule has 0 unspecified atom stereocenters. The number of nitrogens with zero attached hydrogens (tertiary/aromatic N) is 2. The number of carbonyl (C=O) groups is 1. The molecular weight excluding hydrogens is 448 g/mol. The number of imidazole rings is 1. The molecule has 1 aliphatic rings. The van der Waals surface area contributed by atoms with E-state index in [0.717, 1.165) is 47.7 Å². The van der Waals surface area contributed by atoms with Crippen LogP contribution in [0.3, 0.4) is 0 Å². The fourth-order valence-electron chi connectivity index (χ4n) is 5.22. The lowest BCUT2D eigenvalue weighted by atomic mass is 9.97. The normalized spacial score (nSPS) is 13.2. The van der Waals surface area contributed by atoms with E-state index in [2.05, 4.69) is 5.32 Å². The monoisotopic (exact) mass is 471 g/mol. The number of carbonyl (C=O) groups excluding carboxylic acids is 1.